The Morgan fingerprint density at radius 3 is 1.14 bits per heavy atom. The van der Waals surface area contributed by atoms with E-state index in [-0.39, 0.29) is 37.0 Å². The lowest BCUT2D eigenvalue weighted by Gasteiger charge is -2.05. The van der Waals surface area contributed by atoms with E-state index in [4.69, 9.17) is 14.2 Å². The van der Waals surface area contributed by atoms with Gasteiger partial charge in [-0.3, -0.25) is 14.4 Å². The van der Waals surface area contributed by atoms with Gasteiger partial charge in [0.15, 0.2) is 17.9 Å². The monoisotopic (exact) mass is 598 g/mol. The molecule has 228 valence electrons. The first-order valence-corrected chi connectivity index (χ1v) is 13.2. The average Bonchev–Trinajstić information content (AvgIpc) is 3.05. The Kier molecular flexibility index (Phi) is 16.7. The number of ketones is 2. The molecule has 0 saturated heterocycles. The zero-order valence-corrected chi connectivity index (χ0v) is 24.7. The highest BCUT2D eigenvalue weighted by molar-refractivity contribution is 6.06. The van der Waals surface area contributed by atoms with Gasteiger partial charge in [0.25, 0.3) is 0 Å². The summed E-state index contributed by atoms with van der Waals surface area (Å²) in [6, 6.07) is 19.6. The number of esters is 3. The van der Waals surface area contributed by atoms with Gasteiger partial charge in [0.1, 0.15) is 19.8 Å². The third-order valence-electron chi connectivity index (χ3n) is 5.36. The molecule has 0 bridgehead atoms. The van der Waals surface area contributed by atoms with Crippen molar-refractivity contribution < 1.29 is 43.0 Å². The summed E-state index contributed by atoms with van der Waals surface area (Å²) in [6.45, 7) is 13.6. The van der Waals surface area contributed by atoms with Crippen molar-refractivity contribution >= 4 is 35.8 Å². The molecule has 0 aliphatic carbocycles. The maximum absolute atomic E-state index is 11.5. The molecule has 3 rings (SSSR count). The Hall–Kier alpha value is -5.70. The normalized spacial score (nSPS) is 9.32. The van der Waals surface area contributed by atoms with Crippen LogP contribution >= 0.6 is 0 Å². The summed E-state index contributed by atoms with van der Waals surface area (Å²) in [7, 11) is 0. The van der Waals surface area contributed by atoms with Gasteiger partial charge in [0.2, 0.25) is 0 Å². The van der Waals surface area contributed by atoms with Crippen molar-refractivity contribution in [2.45, 2.75) is 13.8 Å². The van der Waals surface area contributed by atoms with Gasteiger partial charge in [-0.15, -0.1) is 0 Å². The highest BCUT2D eigenvalue weighted by Gasteiger charge is 2.15. The van der Waals surface area contributed by atoms with Crippen molar-refractivity contribution in [2.75, 3.05) is 19.8 Å². The molecule has 9 nitrogen and oxygen atoms in total. The van der Waals surface area contributed by atoms with Crippen LogP contribution in [0, 0.1) is 0 Å². The molecule has 0 atom stereocenters. The predicted octanol–water partition coefficient (Wildman–Crippen LogP) is 6.31. The van der Waals surface area contributed by atoms with Crippen LogP contribution in [0.2, 0.25) is 0 Å². The molecule has 0 aromatic heterocycles. The number of hydrogen-bond donors (Lipinski definition) is 0. The fraction of sp³-hybridized carbons (Fsp3) is 0.143. The number of carbonyl (C=O) groups excluding carboxylic acids is 6. The summed E-state index contributed by atoms with van der Waals surface area (Å²) in [5.74, 6) is -1.81. The third kappa shape index (κ3) is 12.0. The van der Waals surface area contributed by atoms with Crippen LogP contribution in [0.25, 0.3) is 0 Å². The number of hydrogen-bond acceptors (Lipinski definition) is 9. The van der Waals surface area contributed by atoms with Crippen LogP contribution in [0.5, 0.6) is 0 Å². The number of benzene rings is 3. The fourth-order valence-corrected chi connectivity index (χ4v) is 3.36. The van der Waals surface area contributed by atoms with E-state index in [0.717, 1.165) is 0 Å². The molecule has 0 saturated carbocycles. The second kappa shape index (κ2) is 20.2. The molecule has 44 heavy (non-hydrogen) atoms. The van der Waals surface area contributed by atoms with E-state index in [1.165, 1.54) is 32.1 Å². The zero-order chi connectivity index (χ0) is 32.9. The first kappa shape index (κ1) is 36.3. The van der Waals surface area contributed by atoms with E-state index in [1.54, 1.807) is 72.8 Å². The molecular formula is C35H34O9. The number of ether oxygens (including phenoxy) is 3. The summed E-state index contributed by atoms with van der Waals surface area (Å²) in [5, 5.41) is 0. The molecule has 0 unspecified atom stereocenters. The SMILES string of the molecule is C=CCOC(=O)c1ccccc1C(C)=O.C=CCOC(=O)c1ccccc1C(C)=O.C=CCOC(=O)c1ccccc1C=O. The number of rotatable bonds is 12. The molecular weight excluding hydrogens is 564 g/mol. The van der Waals surface area contributed by atoms with Crippen LogP contribution in [0.3, 0.4) is 0 Å². The van der Waals surface area contributed by atoms with Gasteiger partial charge in [-0.05, 0) is 32.0 Å². The average molecular weight is 599 g/mol. The lowest BCUT2D eigenvalue weighted by Crippen LogP contribution is -2.10. The molecule has 0 aliphatic heterocycles. The number of Topliss-reactive ketones (excluding diaryl/α,β-unsaturated/α-hetero) is 2. The maximum Gasteiger partial charge on any atom is 0.339 e. The quantitative estimate of drug-likeness (QED) is 0.0774. The van der Waals surface area contributed by atoms with Crippen LogP contribution < -0.4 is 0 Å². The second-order valence-electron chi connectivity index (χ2n) is 8.57. The molecule has 0 N–H and O–H groups in total. The standard InChI is InChI=1S/2C12H12O3.C11H10O3/c2*1-3-8-15-12(14)11-7-5-4-6-10(11)9(2)13;1-2-7-14-11(13)10-6-4-3-5-9(10)8-12/h2*3-7H,1,8H2,2H3;2-6,8H,1,7H2. The van der Waals surface area contributed by atoms with E-state index >= 15 is 0 Å². The maximum atomic E-state index is 11.5. The number of carbonyl (C=O) groups is 6. The summed E-state index contributed by atoms with van der Waals surface area (Å²) in [4.78, 5) is 67.4. The first-order chi connectivity index (χ1) is 21.1. The van der Waals surface area contributed by atoms with Crippen LogP contribution in [-0.4, -0.2) is 55.6 Å². The molecule has 0 fully saturated rings. The minimum absolute atomic E-state index is 0.144. The lowest BCUT2D eigenvalue weighted by molar-refractivity contribution is 0.0538. The summed E-state index contributed by atoms with van der Waals surface area (Å²) >= 11 is 0. The Balaban J connectivity index is 0.000000330. The van der Waals surface area contributed by atoms with Crippen LogP contribution in [0.15, 0.2) is 111 Å². The van der Waals surface area contributed by atoms with E-state index in [9.17, 15) is 28.8 Å². The summed E-state index contributed by atoms with van der Waals surface area (Å²) in [5.41, 5.74) is 1.97. The molecule has 3 aromatic carbocycles. The minimum Gasteiger partial charge on any atom is -0.458 e. The molecule has 9 heteroatoms. The second-order valence-corrected chi connectivity index (χ2v) is 8.57. The lowest BCUT2D eigenvalue weighted by atomic mass is 10.0. The van der Waals surface area contributed by atoms with Gasteiger partial charge in [-0.25, -0.2) is 14.4 Å². The van der Waals surface area contributed by atoms with Gasteiger partial charge in [0.05, 0.1) is 16.7 Å². The van der Waals surface area contributed by atoms with Gasteiger partial charge in [-0.2, -0.15) is 0 Å². The fourth-order valence-electron chi connectivity index (χ4n) is 3.36. The molecule has 0 radical (unpaired) electrons. The summed E-state index contributed by atoms with van der Waals surface area (Å²) < 4.78 is 14.5. The van der Waals surface area contributed by atoms with Crippen molar-refractivity contribution in [3.8, 4) is 0 Å². The highest BCUT2D eigenvalue weighted by Crippen LogP contribution is 2.12. The van der Waals surface area contributed by atoms with E-state index in [1.807, 2.05) is 0 Å². The molecule has 0 aliphatic rings. The predicted molar refractivity (Wildman–Crippen MR) is 166 cm³/mol. The van der Waals surface area contributed by atoms with Crippen molar-refractivity contribution in [2.24, 2.45) is 0 Å². The van der Waals surface area contributed by atoms with E-state index < -0.39 is 17.9 Å². The Morgan fingerprint density at radius 1 is 0.523 bits per heavy atom. The molecule has 0 heterocycles. The Labute approximate surface area is 256 Å². The topological polar surface area (TPSA) is 130 Å². The van der Waals surface area contributed by atoms with E-state index in [2.05, 4.69) is 19.7 Å². The van der Waals surface area contributed by atoms with Crippen LogP contribution in [0.1, 0.15) is 76.0 Å². The molecule has 0 amide bonds. The smallest absolute Gasteiger partial charge is 0.339 e. The molecule has 0 spiro atoms. The van der Waals surface area contributed by atoms with Crippen LogP contribution in [0.4, 0.5) is 0 Å². The van der Waals surface area contributed by atoms with Crippen molar-refractivity contribution in [3.63, 3.8) is 0 Å². The Morgan fingerprint density at radius 2 is 0.818 bits per heavy atom. The number of aldehydes is 1. The molecule has 3 aromatic rings. The van der Waals surface area contributed by atoms with Gasteiger partial charge < -0.3 is 14.2 Å². The Bertz CT molecular complexity index is 1420. The third-order valence-corrected chi connectivity index (χ3v) is 5.36. The van der Waals surface area contributed by atoms with Crippen molar-refractivity contribution in [1.82, 2.24) is 0 Å². The highest BCUT2D eigenvalue weighted by atomic mass is 16.5. The van der Waals surface area contributed by atoms with Crippen molar-refractivity contribution in [3.05, 3.63) is 144 Å². The van der Waals surface area contributed by atoms with Gasteiger partial charge >= 0.3 is 17.9 Å². The van der Waals surface area contributed by atoms with Crippen molar-refractivity contribution in [1.29, 1.82) is 0 Å². The van der Waals surface area contributed by atoms with Crippen LogP contribution in [-0.2, 0) is 14.2 Å². The minimum atomic E-state index is -0.507. The largest absolute Gasteiger partial charge is 0.458 e. The summed E-state index contributed by atoms with van der Waals surface area (Å²) in [6.07, 6.45) is 5.06. The van der Waals surface area contributed by atoms with Gasteiger partial charge in [-0.1, -0.05) is 92.6 Å². The van der Waals surface area contributed by atoms with E-state index in [0.29, 0.717) is 34.1 Å². The van der Waals surface area contributed by atoms with Gasteiger partial charge in [0, 0.05) is 16.7 Å². The zero-order valence-electron chi connectivity index (χ0n) is 24.7. The first-order valence-electron chi connectivity index (χ1n) is 13.2.